The van der Waals surface area contributed by atoms with E-state index in [-0.39, 0.29) is 30.4 Å². The molecule has 2 aliphatic rings. The van der Waals surface area contributed by atoms with Gasteiger partial charge in [-0.05, 0) is 65.7 Å². The Morgan fingerprint density at radius 1 is 1.06 bits per heavy atom. The van der Waals surface area contributed by atoms with Crippen LogP contribution in [0.4, 0.5) is 0 Å². The third kappa shape index (κ3) is 8.03. The smallest absolute Gasteiger partial charge is 0.311 e. The second kappa shape index (κ2) is 12.0. The summed E-state index contributed by atoms with van der Waals surface area (Å²) < 4.78 is 16.3. The normalized spacial score (nSPS) is 24.0. The molecule has 0 aliphatic heterocycles. The number of carboxylic acids is 1. The highest BCUT2D eigenvalue weighted by molar-refractivity contribution is 5.84. The number of hydrogen-bond donors (Lipinski definition) is 2. The highest BCUT2D eigenvalue weighted by Crippen LogP contribution is 2.44. The second-order valence-corrected chi connectivity index (χ2v) is 10.3. The van der Waals surface area contributed by atoms with Crippen molar-refractivity contribution in [2.24, 2.45) is 17.3 Å². The molecule has 2 fully saturated rings. The molecule has 8 nitrogen and oxygen atoms in total. The molecule has 184 valence electrons. The number of methoxy groups -OCH3 is 1. The Morgan fingerprint density at radius 2 is 1.69 bits per heavy atom. The number of nitrogens with one attached hydrogen (secondary N) is 1. The topological polar surface area (TPSA) is 111 Å². The maximum atomic E-state index is 13.4. The molecule has 32 heavy (non-hydrogen) atoms. The van der Waals surface area contributed by atoms with Crippen molar-refractivity contribution in [2.75, 3.05) is 26.9 Å². The van der Waals surface area contributed by atoms with Crippen LogP contribution in [0.25, 0.3) is 0 Å². The van der Waals surface area contributed by atoms with Crippen LogP contribution in [0.3, 0.4) is 0 Å². The lowest BCUT2D eigenvalue weighted by Crippen LogP contribution is -2.48. The van der Waals surface area contributed by atoms with Gasteiger partial charge in [-0.15, -0.1) is 0 Å². The van der Waals surface area contributed by atoms with E-state index in [9.17, 15) is 19.5 Å². The van der Waals surface area contributed by atoms with E-state index in [1.54, 1.807) is 7.11 Å². The minimum atomic E-state index is -0.754. The van der Waals surface area contributed by atoms with Gasteiger partial charge in [0.05, 0.1) is 37.1 Å². The largest absolute Gasteiger partial charge is 0.481 e. The molecule has 2 aliphatic carbocycles. The Balaban J connectivity index is 2.05. The molecule has 0 radical (unpaired) electrons. The molecule has 0 bridgehead atoms. The van der Waals surface area contributed by atoms with E-state index in [1.807, 2.05) is 20.8 Å². The molecule has 0 aromatic rings. The molecule has 1 atom stereocenters. The van der Waals surface area contributed by atoms with Crippen LogP contribution in [-0.4, -0.2) is 61.5 Å². The first-order valence-corrected chi connectivity index (χ1v) is 11.9. The molecule has 1 unspecified atom stereocenters. The molecule has 0 spiro atoms. The summed E-state index contributed by atoms with van der Waals surface area (Å²) in [6.07, 6.45) is 6.28. The summed E-state index contributed by atoms with van der Waals surface area (Å²) in [5.41, 5.74) is -1.23. The van der Waals surface area contributed by atoms with Crippen molar-refractivity contribution < 1.29 is 33.7 Å². The van der Waals surface area contributed by atoms with Crippen molar-refractivity contribution in [3.63, 3.8) is 0 Å². The zero-order valence-electron chi connectivity index (χ0n) is 20.1. The summed E-state index contributed by atoms with van der Waals surface area (Å²) in [4.78, 5) is 37.6. The van der Waals surface area contributed by atoms with Crippen LogP contribution < -0.4 is 5.32 Å². The molecule has 2 rings (SSSR count). The van der Waals surface area contributed by atoms with Crippen molar-refractivity contribution in [3.05, 3.63) is 0 Å². The van der Waals surface area contributed by atoms with Crippen molar-refractivity contribution >= 4 is 17.8 Å². The van der Waals surface area contributed by atoms with Crippen LogP contribution >= 0.6 is 0 Å². The molecule has 0 saturated heterocycles. The number of hydrogen-bond acceptors (Lipinski definition) is 6. The Labute approximate surface area is 191 Å². The van der Waals surface area contributed by atoms with E-state index < -0.39 is 22.9 Å². The highest BCUT2D eigenvalue weighted by Gasteiger charge is 2.45. The SMILES string of the molecule is COCCOCC(CC1(C(=O)N[C@H]2CC[C@@H](C(=O)O)CC2)CCCC1)C(=O)OC(C)(C)C. The Morgan fingerprint density at radius 3 is 2.22 bits per heavy atom. The van der Waals surface area contributed by atoms with E-state index in [4.69, 9.17) is 14.2 Å². The molecule has 1 amide bonds. The van der Waals surface area contributed by atoms with Gasteiger partial charge in [0.2, 0.25) is 5.91 Å². The number of amides is 1. The van der Waals surface area contributed by atoms with Gasteiger partial charge in [-0.25, -0.2) is 0 Å². The van der Waals surface area contributed by atoms with Crippen LogP contribution in [0, 0.1) is 17.3 Å². The summed E-state index contributed by atoms with van der Waals surface area (Å²) in [6, 6.07) is -0.00601. The highest BCUT2D eigenvalue weighted by atomic mass is 16.6. The minimum Gasteiger partial charge on any atom is -0.481 e. The van der Waals surface area contributed by atoms with Crippen LogP contribution in [0.5, 0.6) is 0 Å². The quantitative estimate of drug-likeness (QED) is 0.363. The molecule has 8 heteroatoms. The summed E-state index contributed by atoms with van der Waals surface area (Å²) in [7, 11) is 1.59. The van der Waals surface area contributed by atoms with Gasteiger partial charge in [-0.1, -0.05) is 12.8 Å². The molecule has 2 N–H and O–H groups in total. The Hall–Kier alpha value is -1.67. The predicted molar refractivity (Wildman–Crippen MR) is 119 cm³/mol. The number of esters is 1. The van der Waals surface area contributed by atoms with Gasteiger partial charge < -0.3 is 24.6 Å². The summed E-state index contributed by atoms with van der Waals surface area (Å²) in [6.45, 7) is 6.50. The number of carbonyl (C=O) groups excluding carboxylic acids is 2. The van der Waals surface area contributed by atoms with Gasteiger partial charge in [0.25, 0.3) is 0 Å². The summed E-state index contributed by atoms with van der Waals surface area (Å²) >= 11 is 0. The summed E-state index contributed by atoms with van der Waals surface area (Å²) in [5.74, 6) is -1.95. The van der Waals surface area contributed by atoms with Crippen LogP contribution in [0.1, 0.15) is 78.6 Å². The average Bonchev–Trinajstić information content (AvgIpc) is 3.19. The zero-order valence-corrected chi connectivity index (χ0v) is 20.1. The molecule has 2 saturated carbocycles. The van der Waals surface area contributed by atoms with Gasteiger partial charge in [0, 0.05) is 13.2 Å². The van der Waals surface area contributed by atoms with Crippen LogP contribution in [0.2, 0.25) is 0 Å². The lowest BCUT2D eigenvalue weighted by atomic mass is 9.76. The fourth-order valence-electron chi connectivity index (χ4n) is 4.83. The number of carboxylic acid groups (broad SMARTS) is 1. The van der Waals surface area contributed by atoms with Gasteiger partial charge in [-0.2, -0.15) is 0 Å². The molecule has 0 aromatic heterocycles. The minimum absolute atomic E-state index is 0.00601. The fraction of sp³-hybridized carbons (Fsp3) is 0.875. The first kappa shape index (κ1) is 26.6. The van der Waals surface area contributed by atoms with Crippen LogP contribution in [-0.2, 0) is 28.6 Å². The van der Waals surface area contributed by atoms with Crippen molar-refractivity contribution in [3.8, 4) is 0 Å². The molecular formula is C24H41NO7. The average molecular weight is 456 g/mol. The van der Waals surface area contributed by atoms with Crippen molar-refractivity contribution in [1.82, 2.24) is 5.32 Å². The number of carbonyl (C=O) groups is 3. The first-order chi connectivity index (χ1) is 15.1. The molecule has 0 aromatic carbocycles. The second-order valence-electron chi connectivity index (χ2n) is 10.3. The van der Waals surface area contributed by atoms with Gasteiger partial charge in [0.15, 0.2) is 0 Å². The first-order valence-electron chi connectivity index (χ1n) is 11.9. The van der Waals surface area contributed by atoms with E-state index in [0.717, 1.165) is 25.7 Å². The van der Waals surface area contributed by atoms with Gasteiger partial charge >= 0.3 is 11.9 Å². The third-order valence-electron chi connectivity index (χ3n) is 6.58. The lowest BCUT2D eigenvalue weighted by molar-refractivity contribution is -0.164. The van der Waals surface area contributed by atoms with Gasteiger partial charge in [0.1, 0.15) is 5.60 Å². The van der Waals surface area contributed by atoms with E-state index in [1.165, 1.54) is 0 Å². The van der Waals surface area contributed by atoms with Crippen LogP contribution in [0.15, 0.2) is 0 Å². The Kier molecular flexibility index (Phi) is 9.95. The Bertz CT molecular complexity index is 629. The lowest BCUT2D eigenvalue weighted by Gasteiger charge is -2.35. The maximum Gasteiger partial charge on any atom is 0.311 e. The number of aliphatic carboxylic acids is 1. The molecule has 0 heterocycles. The van der Waals surface area contributed by atoms with Crippen molar-refractivity contribution in [2.45, 2.75) is 90.2 Å². The van der Waals surface area contributed by atoms with E-state index in [0.29, 0.717) is 45.3 Å². The maximum absolute atomic E-state index is 13.4. The fourth-order valence-corrected chi connectivity index (χ4v) is 4.83. The van der Waals surface area contributed by atoms with Gasteiger partial charge in [-0.3, -0.25) is 14.4 Å². The number of ether oxygens (including phenoxy) is 3. The summed E-state index contributed by atoms with van der Waals surface area (Å²) in [5, 5.41) is 12.4. The van der Waals surface area contributed by atoms with E-state index in [2.05, 4.69) is 5.32 Å². The van der Waals surface area contributed by atoms with E-state index >= 15 is 0 Å². The third-order valence-corrected chi connectivity index (χ3v) is 6.58. The monoisotopic (exact) mass is 455 g/mol. The standard InChI is InChI=1S/C24H41NO7/c1-23(2,3)32-21(28)18(16-31-14-13-30-4)15-24(11-5-6-12-24)22(29)25-19-9-7-17(8-10-19)20(26)27/h17-19H,5-16H2,1-4H3,(H,25,29)(H,26,27)/t17-,18?,19+. The predicted octanol–water partition coefficient (Wildman–Crippen LogP) is 3.32. The number of rotatable bonds is 11. The van der Waals surface area contributed by atoms with Crippen molar-refractivity contribution in [1.29, 1.82) is 0 Å². The zero-order chi connectivity index (χ0) is 23.8. The molecular weight excluding hydrogens is 414 g/mol.